The summed E-state index contributed by atoms with van der Waals surface area (Å²) in [4.78, 5) is 18.5. The van der Waals surface area contributed by atoms with E-state index in [4.69, 9.17) is 4.74 Å². The van der Waals surface area contributed by atoms with Gasteiger partial charge in [0, 0.05) is 64.8 Å². The first kappa shape index (κ1) is 21.4. The average Bonchev–Trinajstić information content (AvgIpc) is 3.21. The highest BCUT2D eigenvalue weighted by atomic mass is 79.9. The van der Waals surface area contributed by atoms with Crippen molar-refractivity contribution in [2.24, 2.45) is 0 Å². The summed E-state index contributed by atoms with van der Waals surface area (Å²) in [6, 6.07) is 12.5. The number of carbonyl (C=O) groups excluding carboxylic acids is 1. The van der Waals surface area contributed by atoms with Crippen LogP contribution in [0.4, 0.5) is 0 Å². The Bertz CT molecular complexity index is 1210. The van der Waals surface area contributed by atoms with Crippen LogP contribution in [0.1, 0.15) is 52.9 Å². The van der Waals surface area contributed by atoms with Crippen molar-refractivity contribution in [1.29, 1.82) is 0 Å². The zero-order chi connectivity index (χ0) is 22.4. The molecule has 6 heteroatoms. The molecule has 0 bridgehead atoms. The van der Waals surface area contributed by atoms with Crippen LogP contribution in [0.5, 0.6) is 5.75 Å². The van der Waals surface area contributed by atoms with Crippen LogP contribution in [0.3, 0.4) is 0 Å². The molecule has 2 N–H and O–H groups in total. The fraction of sp³-hybridized carbons (Fsp3) is 0.444. The molecule has 1 fully saturated rings. The van der Waals surface area contributed by atoms with Crippen molar-refractivity contribution in [3.05, 3.63) is 63.3 Å². The molecule has 0 atom stereocenters. The smallest absolute Gasteiger partial charge is 0.163 e. The lowest BCUT2D eigenvalue weighted by Crippen LogP contribution is -2.54. The molecule has 2 aliphatic heterocycles. The molecule has 0 saturated carbocycles. The second-order valence-corrected chi connectivity index (χ2v) is 10.6. The number of piperidine rings is 1. The van der Waals surface area contributed by atoms with Crippen LogP contribution in [-0.4, -0.2) is 48.5 Å². The predicted octanol–water partition coefficient (Wildman–Crippen LogP) is 4.97. The molecule has 1 aromatic heterocycles. The van der Waals surface area contributed by atoms with E-state index in [0.717, 1.165) is 79.6 Å². The number of ether oxygens (including phenoxy) is 1. The van der Waals surface area contributed by atoms with E-state index in [1.165, 1.54) is 22.2 Å². The van der Waals surface area contributed by atoms with E-state index >= 15 is 0 Å². The van der Waals surface area contributed by atoms with E-state index in [2.05, 4.69) is 49.3 Å². The van der Waals surface area contributed by atoms with Gasteiger partial charge in [0.25, 0.3) is 0 Å². The van der Waals surface area contributed by atoms with Crippen LogP contribution < -0.4 is 10.1 Å². The molecular formula is C27H30BrN3O2. The predicted molar refractivity (Wildman–Crippen MR) is 134 cm³/mol. The number of rotatable bonds is 4. The summed E-state index contributed by atoms with van der Waals surface area (Å²) >= 11 is 3.64. The van der Waals surface area contributed by atoms with E-state index in [1.54, 1.807) is 0 Å². The molecule has 1 aliphatic carbocycles. The summed E-state index contributed by atoms with van der Waals surface area (Å²) in [5.74, 6) is 1.16. The number of nitrogens with zero attached hydrogens (tertiary/aromatic N) is 1. The molecule has 6 rings (SSSR count). The Hall–Kier alpha value is -2.15. The minimum atomic E-state index is 0.0509. The maximum Gasteiger partial charge on any atom is 0.163 e. The number of nitrogens with one attached hydrogen (secondary N) is 2. The molecular weight excluding hydrogens is 478 g/mol. The van der Waals surface area contributed by atoms with Gasteiger partial charge in [-0.1, -0.05) is 28.1 Å². The number of likely N-dealkylation sites (tertiary alicyclic amines) is 1. The first-order valence-electron chi connectivity index (χ1n) is 12.2. The first-order valence-corrected chi connectivity index (χ1v) is 13.0. The maximum absolute atomic E-state index is 12.2. The minimum absolute atomic E-state index is 0.0509. The van der Waals surface area contributed by atoms with Crippen LogP contribution in [0.2, 0.25) is 0 Å². The molecule has 172 valence electrons. The topological polar surface area (TPSA) is 57.4 Å². The highest BCUT2D eigenvalue weighted by molar-refractivity contribution is 9.10. The number of benzene rings is 2. The van der Waals surface area contributed by atoms with Crippen LogP contribution in [-0.2, 0) is 18.4 Å². The SMILES string of the molecule is O=C1CCCc2c(OCCN3CCC4(CC3)NCCc3c4[nH]c4ccc(Br)cc34)cccc21. The Morgan fingerprint density at radius 2 is 1.94 bits per heavy atom. The second-order valence-electron chi connectivity index (χ2n) is 9.68. The van der Waals surface area contributed by atoms with E-state index in [-0.39, 0.29) is 11.3 Å². The Labute approximate surface area is 203 Å². The van der Waals surface area contributed by atoms with Gasteiger partial charge in [-0.25, -0.2) is 0 Å². The number of hydrogen-bond donors (Lipinski definition) is 2. The number of Topliss-reactive ketones (excluding diaryl/α,β-unsaturated/α-hetero) is 1. The summed E-state index contributed by atoms with van der Waals surface area (Å²) in [5.41, 5.74) is 6.16. The molecule has 3 heterocycles. The van der Waals surface area contributed by atoms with Gasteiger partial charge in [0.05, 0.1) is 5.54 Å². The number of aromatic amines is 1. The Balaban J connectivity index is 1.11. The average molecular weight is 508 g/mol. The molecule has 0 amide bonds. The number of aromatic nitrogens is 1. The number of hydrogen-bond acceptors (Lipinski definition) is 4. The van der Waals surface area contributed by atoms with Gasteiger partial charge in [-0.3, -0.25) is 9.69 Å². The summed E-state index contributed by atoms with van der Waals surface area (Å²) in [7, 11) is 0. The molecule has 3 aliphatic rings. The third-order valence-electron chi connectivity index (χ3n) is 7.82. The lowest BCUT2D eigenvalue weighted by atomic mass is 9.79. The van der Waals surface area contributed by atoms with E-state index in [1.807, 2.05) is 18.2 Å². The zero-order valence-corrected chi connectivity index (χ0v) is 20.5. The number of fused-ring (bicyclic) bond motifs is 5. The van der Waals surface area contributed by atoms with Crippen molar-refractivity contribution in [2.75, 3.05) is 32.8 Å². The van der Waals surface area contributed by atoms with Crippen molar-refractivity contribution in [1.82, 2.24) is 15.2 Å². The first-order chi connectivity index (χ1) is 16.1. The molecule has 5 nitrogen and oxygen atoms in total. The molecule has 1 saturated heterocycles. The van der Waals surface area contributed by atoms with Crippen molar-refractivity contribution >= 4 is 32.6 Å². The van der Waals surface area contributed by atoms with Gasteiger partial charge in [-0.05, 0) is 61.9 Å². The monoisotopic (exact) mass is 507 g/mol. The highest BCUT2D eigenvalue weighted by Gasteiger charge is 2.41. The molecule has 2 aromatic carbocycles. The molecule has 0 radical (unpaired) electrons. The number of ketones is 1. The largest absolute Gasteiger partial charge is 0.492 e. The highest BCUT2D eigenvalue weighted by Crippen LogP contribution is 2.40. The Morgan fingerprint density at radius 3 is 2.82 bits per heavy atom. The fourth-order valence-electron chi connectivity index (χ4n) is 6.05. The van der Waals surface area contributed by atoms with Gasteiger partial charge >= 0.3 is 0 Å². The van der Waals surface area contributed by atoms with Gasteiger partial charge in [0.1, 0.15) is 12.4 Å². The summed E-state index contributed by atoms with van der Waals surface area (Å²) in [6.45, 7) is 4.73. The van der Waals surface area contributed by atoms with Crippen LogP contribution in [0, 0.1) is 0 Å². The van der Waals surface area contributed by atoms with Gasteiger partial charge in [0.15, 0.2) is 5.78 Å². The van der Waals surface area contributed by atoms with E-state index in [0.29, 0.717) is 13.0 Å². The van der Waals surface area contributed by atoms with Gasteiger partial charge < -0.3 is 15.0 Å². The summed E-state index contributed by atoms with van der Waals surface area (Å²) < 4.78 is 7.32. The van der Waals surface area contributed by atoms with Gasteiger partial charge in [-0.15, -0.1) is 0 Å². The number of halogens is 1. The van der Waals surface area contributed by atoms with E-state index in [9.17, 15) is 4.79 Å². The minimum Gasteiger partial charge on any atom is -0.492 e. The Morgan fingerprint density at radius 1 is 1.06 bits per heavy atom. The lowest BCUT2D eigenvalue weighted by Gasteiger charge is -2.44. The molecule has 33 heavy (non-hydrogen) atoms. The zero-order valence-electron chi connectivity index (χ0n) is 18.9. The van der Waals surface area contributed by atoms with Crippen molar-refractivity contribution in [3.8, 4) is 5.75 Å². The number of H-pyrrole nitrogens is 1. The van der Waals surface area contributed by atoms with Crippen LogP contribution >= 0.6 is 15.9 Å². The van der Waals surface area contributed by atoms with Crippen LogP contribution in [0.25, 0.3) is 10.9 Å². The van der Waals surface area contributed by atoms with Crippen molar-refractivity contribution in [3.63, 3.8) is 0 Å². The lowest BCUT2D eigenvalue weighted by molar-refractivity contribution is 0.0970. The molecule has 0 unspecified atom stereocenters. The fourth-order valence-corrected chi connectivity index (χ4v) is 6.41. The number of carbonyl (C=O) groups is 1. The van der Waals surface area contributed by atoms with Crippen molar-refractivity contribution < 1.29 is 9.53 Å². The standard InChI is InChI=1S/C27H30BrN3O2/c28-18-7-8-23-22(17-18)21-9-12-29-27(26(21)30-23)10-13-31(14-11-27)15-16-33-25-6-2-3-19-20(25)4-1-5-24(19)32/h2-3,6-8,17,29-30H,1,4-5,9-16H2. The quantitative estimate of drug-likeness (QED) is 0.523. The van der Waals surface area contributed by atoms with Crippen molar-refractivity contribution in [2.45, 2.75) is 44.1 Å². The second kappa shape index (κ2) is 8.57. The Kier molecular flexibility index (Phi) is 5.55. The maximum atomic E-state index is 12.2. The van der Waals surface area contributed by atoms with E-state index < -0.39 is 0 Å². The summed E-state index contributed by atoms with van der Waals surface area (Å²) in [5, 5.41) is 5.24. The third kappa shape index (κ3) is 3.82. The third-order valence-corrected chi connectivity index (χ3v) is 8.32. The molecule has 1 spiro atoms. The van der Waals surface area contributed by atoms with Crippen LogP contribution in [0.15, 0.2) is 40.9 Å². The normalized spacial score (nSPS) is 20.1. The molecule has 3 aromatic rings. The van der Waals surface area contributed by atoms with Gasteiger partial charge in [-0.2, -0.15) is 0 Å². The van der Waals surface area contributed by atoms with Gasteiger partial charge in [0.2, 0.25) is 0 Å². The summed E-state index contributed by atoms with van der Waals surface area (Å²) in [6.07, 6.45) is 5.81.